The summed E-state index contributed by atoms with van der Waals surface area (Å²) in [4.78, 5) is 0. The molecule has 5 atom stereocenters. The number of hydrogen-bond acceptors (Lipinski definition) is 2. The average Bonchev–Trinajstić information content (AvgIpc) is 2.55. The standard InChI is InChI=1S/C15H26N2/c1-9-7-8-14(16)12(13(14,3)4)15(17)10(2)5-6-11(9)15/h10-12H,1,5-8,16-17H2,2-4H3/t10-,11-,12-,14+,15+/m1/s1. The Hall–Kier alpha value is -0.340. The van der Waals surface area contributed by atoms with Crippen molar-refractivity contribution in [2.75, 3.05) is 0 Å². The second kappa shape index (κ2) is 2.97. The molecule has 3 aliphatic carbocycles. The van der Waals surface area contributed by atoms with Crippen molar-refractivity contribution >= 4 is 0 Å². The van der Waals surface area contributed by atoms with Gasteiger partial charge in [0.25, 0.3) is 0 Å². The number of hydrogen-bond donors (Lipinski definition) is 2. The molecule has 17 heavy (non-hydrogen) atoms. The van der Waals surface area contributed by atoms with Crippen molar-refractivity contribution in [3.05, 3.63) is 12.2 Å². The van der Waals surface area contributed by atoms with Gasteiger partial charge in [-0.2, -0.15) is 0 Å². The molecule has 3 saturated carbocycles. The van der Waals surface area contributed by atoms with Gasteiger partial charge in [0.1, 0.15) is 0 Å². The van der Waals surface area contributed by atoms with Crippen LogP contribution in [0.1, 0.15) is 46.5 Å². The lowest BCUT2D eigenvalue weighted by atomic mass is 9.73. The second-order valence-corrected chi connectivity index (χ2v) is 7.38. The monoisotopic (exact) mass is 234 g/mol. The van der Waals surface area contributed by atoms with E-state index in [-0.39, 0.29) is 16.5 Å². The highest BCUT2D eigenvalue weighted by Crippen LogP contribution is 2.72. The second-order valence-electron chi connectivity index (χ2n) is 7.38. The van der Waals surface area contributed by atoms with Crippen molar-refractivity contribution in [3.8, 4) is 0 Å². The molecule has 3 fully saturated rings. The van der Waals surface area contributed by atoms with Crippen LogP contribution in [-0.2, 0) is 0 Å². The minimum absolute atomic E-state index is 0.0436. The molecule has 0 bridgehead atoms. The van der Waals surface area contributed by atoms with Crippen LogP contribution < -0.4 is 11.5 Å². The van der Waals surface area contributed by atoms with Crippen LogP contribution in [-0.4, -0.2) is 11.1 Å². The van der Waals surface area contributed by atoms with E-state index >= 15 is 0 Å². The largest absolute Gasteiger partial charge is 0.324 e. The highest BCUT2D eigenvalue weighted by molar-refractivity contribution is 5.37. The number of rotatable bonds is 0. The van der Waals surface area contributed by atoms with Crippen LogP contribution >= 0.6 is 0 Å². The summed E-state index contributed by atoms with van der Waals surface area (Å²) in [6.07, 6.45) is 4.61. The molecule has 0 aromatic heterocycles. The molecule has 3 rings (SSSR count). The van der Waals surface area contributed by atoms with Crippen molar-refractivity contribution in [3.63, 3.8) is 0 Å². The van der Waals surface area contributed by atoms with E-state index in [0.29, 0.717) is 17.8 Å². The minimum Gasteiger partial charge on any atom is -0.324 e. The fourth-order valence-electron chi connectivity index (χ4n) is 5.27. The molecule has 4 N–H and O–H groups in total. The van der Waals surface area contributed by atoms with Crippen LogP contribution in [0.4, 0.5) is 0 Å². The minimum atomic E-state index is -0.0914. The van der Waals surface area contributed by atoms with Gasteiger partial charge in [0.05, 0.1) is 0 Å². The van der Waals surface area contributed by atoms with Crippen molar-refractivity contribution in [1.82, 2.24) is 0 Å². The zero-order chi connectivity index (χ0) is 12.6. The number of nitrogens with two attached hydrogens (primary N) is 2. The lowest BCUT2D eigenvalue weighted by Crippen LogP contribution is -2.53. The highest BCUT2D eigenvalue weighted by atomic mass is 15.0. The first-order chi connectivity index (χ1) is 7.76. The molecule has 0 amide bonds. The van der Waals surface area contributed by atoms with Gasteiger partial charge < -0.3 is 11.5 Å². The lowest BCUT2D eigenvalue weighted by Gasteiger charge is -2.37. The van der Waals surface area contributed by atoms with Gasteiger partial charge in [0, 0.05) is 17.0 Å². The van der Waals surface area contributed by atoms with Crippen molar-refractivity contribution in [2.24, 2.45) is 34.6 Å². The summed E-state index contributed by atoms with van der Waals surface area (Å²) in [7, 11) is 0. The molecule has 2 heteroatoms. The fraction of sp³-hybridized carbons (Fsp3) is 0.867. The summed E-state index contributed by atoms with van der Waals surface area (Å²) in [5.41, 5.74) is 15.0. The van der Waals surface area contributed by atoms with Gasteiger partial charge in [-0.3, -0.25) is 0 Å². The first kappa shape index (κ1) is 11.7. The Bertz CT molecular complexity index is 386. The lowest BCUT2D eigenvalue weighted by molar-refractivity contribution is 0.216. The molecule has 96 valence electrons. The third kappa shape index (κ3) is 1.09. The highest BCUT2D eigenvalue weighted by Gasteiger charge is 2.77. The molecule has 0 aromatic carbocycles. The van der Waals surface area contributed by atoms with Crippen molar-refractivity contribution in [2.45, 2.75) is 57.5 Å². The van der Waals surface area contributed by atoms with Gasteiger partial charge in [0.15, 0.2) is 0 Å². The third-order valence-corrected chi connectivity index (χ3v) is 6.55. The summed E-state index contributed by atoms with van der Waals surface area (Å²) in [5, 5.41) is 0. The van der Waals surface area contributed by atoms with Gasteiger partial charge in [-0.25, -0.2) is 0 Å². The smallest absolute Gasteiger partial charge is 0.0298 e. The van der Waals surface area contributed by atoms with E-state index < -0.39 is 0 Å². The maximum atomic E-state index is 6.90. The van der Waals surface area contributed by atoms with Crippen LogP contribution in [0, 0.1) is 23.2 Å². The topological polar surface area (TPSA) is 52.0 Å². The summed E-state index contributed by atoms with van der Waals surface area (Å²) >= 11 is 0. The molecule has 0 spiro atoms. The Kier molecular flexibility index (Phi) is 2.05. The van der Waals surface area contributed by atoms with E-state index in [4.69, 9.17) is 11.5 Å². The molecule has 0 radical (unpaired) electrons. The normalized spacial score (nSPS) is 56.1. The molecule has 0 aromatic rings. The molecular weight excluding hydrogens is 208 g/mol. The third-order valence-electron chi connectivity index (χ3n) is 6.55. The van der Waals surface area contributed by atoms with Crippen LogP contribution in [0.25, 0.3) is 0 Å². The zero-order valence-electron chi connectivity index (χ0n) is 11.4. The van der Waals surface area contributed by atoms with Crippen LogP contribution in [0.2, 0.25) is 0 Å². The van der Waals surface area contributed by atoms with E-state index in [1.165, 1.54) is 18.4 Å². The summed E-state index contributed by atoms with van der Waals surface area (Å²) in [6.45, 7) is 11.2. The van der Waals surface area contributed by atoms with E-state index in [1.807, 2.05) is 0 Å². The Morgan fingerprint density at radius 3 is 2.53 bits per heavy atom. The van der Waals surface area contributed by atoms with Crippen LogP contribution in [0.5, 0.6) is 0 Å². The quantitative estimate of drug-likeness (QED) is 0.632. The molecular formula is C15H26N2. The maximum Gasteiger partial charge on any atom is 0.0298 e. The average molecular weight is 234 g/mol. The molecule has 3 aliphatic rings. The molecule has 0 heterocycles. The summed E-state index contributed by atoms with van der Waals surface area (Å²) < 4.78 is 0. The first-order valence-corrected chi connectivity index (χ1v) is 7.01. The van der Waals surface area contributed by atoms with Crippen LogP contribution in [0.15, 0.2) is 12.2 Å². The van der Waals surface area contributed by atoms with E-state index in [9.17, 15) is 0 Å². The Morgan fingerprint density at radius 2 is 1.88 bits per heavy atom. The predicted molar refractivity (Wildman–Crippen MR) is 71.4 cm³/mol. The summed E-state index contributed by atoms with van der Waals surface area (Å²) in [6, 6.07) is 0. The Labute approximate surface area is 105 Å². The maximum absolute atomic E-state index is 6.90. The fourth-order valence-corrected chi connectivity index (χ4v) is 5.27. The zero-order valence-corrected chi connectivity index (χ0v) is 11.4. The SMILES string of the molecule is C=C1CC[C@]2(N)[C@@H](C2(C)C)[C@]2(N)[C@H](C)CC[C@H]12. The van der Waals surface area contributed by atoms with E-state index in [1.54, 1.807) is 0 Å². The van der Waals surface area contributed by atoms with E-state index in [2.05, 4.69) is 27.4 Å². The van der Waals surface area contributed by atoms with Gasteiger partial charge in [0.2, 0.25) is 0 Å². The molecule has 0 unspecified atom stereocenters. The van der Waals surface area contributed by atoms with Gasteiger partial charge >= 0.3 is 0 Å². The van der Waals surface area contributed by atoms with E-state index in [0.717, 1.165) is 12.8 Å². The first-order valence-electron chi connectivity index (χ1n) is 7.01. The van der Waals surface area contributed by atoms with Crippen molar-refractivity contribution < 1.29 is 0 Å². The van der Waals surface area contributed by atoms with Gasteiger partial charge in [-0.1, -0.05) is 32.9 Å². The predicted octanol–water partition coefficient (Wildman–Crippen LogP) is 2.43. The Balaban J connectivity index is 2.09. The van der Waals surface area contributed by atoms with Crippen LogP contribution in [0.3, 0.4) is 0 Å². The molecule has 0 aliphatic heterocycles. The van der Waals surface area contributed by atoms with Crippen molar-refractivity contribution in [1.29, 1.82) is 0 Å². The Morgan fingerprint density at radius 1 is 1.24 bits per heavy atom. The van der Waals surface area contributed by atoms with Gasteiger partial charge in [-0.15, -0.1) is 0 Å². The summed E-state index contributed by atoms with van der Waals surface area (Å²) in [5.74, 6) is 1.57. The number of fused-ring (bicyclic) bond motifs is 3. The van der Waals surface area contributed by atoms with Gasteiger partial charge in [-0.05, 0) is 42.9 Å². The molecule has 2 nitrogen and oxygen atoms in total. The molecule has 0 saturated heterocycles.